The van der Waals surface area contributed by atoms with Gasteiger partial charge in [-0.2, -0.15) is 0 Å². The van der Waals surface area contributed by atoms with Gasteiger partial charge in [-0.3, -0.25) is 4.79 Å². The first-order valence-electron chi connectivity index (χ1n) is 7.63. The third-order valence-corrected chi connectivity index (χ3v) is 3.07. The lowest BCUT2D eigenvalue weighted by Gasteiger charge is -2.02. The van der Waals surface area contributed by atoms with E-state index in [9.17, 15) is 9.90 Å². The maximum atomic E-state index is 10.5. The second-order valence-electron chi connectivity index (χ2n) is 5.05. The van der Waals surface area contributed by atoms with Crippen LogP contribution in [0.3, 0.4) is 0 Å². The van der Waals surface area contributed by atoms with E-state index in [1.54, 1.807) is 0 Å². The minimum absolute atomic E-state index is 0.0709. The molecule has 0 aromatic rings. The average Bonchev–Trinajstić information content (AvgIpc) is 2.45. The summed E-state index contributed by atoms with van der Waals surface area (Å²) < 4.78 is 0. The Morgan fingerprint density at radius 2 is 1.76 bits per heavy atom. The molecule has 0 amide bonds. The Morgan fingerprint density at radius 3 is 2.38 bits per heavy atom. The van der Waals surface area contributed by atoms with Crippen molar-refractivity contribution in [3.05, 3.63) is 12.7 Å². The van der Waals surface area contributed by atoms with Crippen molar-refractivity contribution in [1.82, 2.24) is 0 Å². The van der Waals surface area contributed by atoms with Gasteiger partial charge in [0.05, 0.1) is 6.42 Å². The van der Waals surface area contributed by atoms with Crippen molar-refractivity contribution in [1.29, 1.82) is 0 Å². The highest BCUT2D eigenvalue weighted by Gasteiger charge is 2.04. The zero-order valence-corrected chi connectivity index (χ0v) is 12.9. The van der Waals surface area contributed by atoms with E-state index in [4.69, 9.17) is 5.11 Å². The summed E-state index contributed by atoms with van der Waals surface area (Å²) in [5.74, 6) is 9.24. The molecule has 0 aliphatic carbocycles. The predicted molar refractivity (Wildman–Crippen MR) is 85.5 cm³/mol. The molecule has 0 aliphatic heterocycles. The van der Waals surface area contributed by atoms with E-state index in [0.29, 0.717) is 6.42 Å². The van der Waals surface area contributed by atoms with Gasteiger partial charge in [-0.25, -0.2) is 0 Å². The summed E-state index contributed by atoms with van der Waals surface area (Å²) in [5, 5.41) is 18.3. The van der Waals surface area contributed by atoms with Gasteiger partial charge in [0.2, 0.25) is 0 Å². The van der Waals surface area contributed by atoms with Gasteiger partial charge < -0.3 is 10.2 Å². The number of unbranched alkanes of at least 4 members (excludes halogenated alkanes) is 5. The SMILES string of the molecule is C=C[C@H](C#CC#C[C@H](O)CCCCCCCC)CC(=O)O. The van der Waals surface area contributed by atoms with Crippen LogP contribution in [0.15, 0.2) is 12.7 Å². The van der Waals surface area contributed by atoms with E-state index in [2.05, 4.69) is 37.2 Å². The number of aliphatic carboxylic acids is 1. The molecule has 0 spiro atoms. The van der Waals surface area contributed by atoms with Gasteiger partial charge in [-0.1, -0.05) is 56.9 Å². The van der Waals surface area contributed by atoms with Gasteiger partial charge in [-0.15, -0.1) is 6.58 Å². The van der Waals surface area contributed by atoms with E-state index in [1.165, 1.54) is 31.8 Å². The lowest BCUT2D eigenvalue weighted by Crippen LogP contribution is -2.03. The minimum Gasteiger partial charge on any atom is -0.481 e. The standard InChI is InChI=1S/C18H26O3/c1-3-5-6-7-8-9-13-17(19)14-11-10-12-16(4-2)15-18(20)21/h4,16-17,19H,2-3,5-9,13,15H2,1H3,(H,20,21)/t16-,17-/m1/s1. The van der Waals surface area contributed by atoms with Crippen LogP contribution in [0.2, 0.25) is 0 Å². The van der Waals surface area contributed by atoms with Crippen LogP contribution in [0.5, 0.6) is 0 Å². The maximum absolute atomic E-state index is 10.5. The van der Waals surface area contributed by atoms with E-state index < -0.39 is 18.0 Å². The molecule has 116 valence electrons. The predicted octanol–water partition coefficient (Wildman–Crippen LogP) is 3.38. The zero-order chi connectivity index (χ0) is 15.9. The first-order chi connectivity index (χ1) is 10.1. The van der Waals surface area contributed by atoms with Crippen molar-refractivity contribution in [3.8, 4) is 23.7 Å². The molecule has 0 aromatic carbocycles. The molecule has 0 unspecified atom stereocenters. The van der Waals surface area contributed by atoms with Crippen molar-refractivity contribution < 1.29 is 15.0 Å². The van der Waals surface area contributed by atoms with Crippen LogP contribution < -0.4 is 0 Å². The Morgan fingerprint density at radius 1 is 1.14 bits per heavy atom. The fourth-order valence-electron chi connectivity index (χ4n) is 1.82. The molecule has 2 N–H and O–H groups in total. The number of rotatable bonds is 10. The molecule has 3 nitrogen and oxygen atoms in total. The van der Waals surface area contributed by atoms with Crippen LogP contribution in [0, 0.1) is 29.6 Å². The summed E-state index contributed by atoms with van der Waals surface area (Å²) in [5.41, 5.74) is 0. The Bertz CT molecular complexity index is 417. The Hall–Kier alpha value is -1.71. The van der Waals surface area contributed by atoms with E-state index >= 15 is 0 Å². The topological polar surface area (TPSA) is 57.5 Å². The number of aliphatic hydroxyl groups excluding tert-OH is 1. The number of aliphatic hydroxyl groups is 1. The molecule has 0 fully saturated rings. The molecular weight excluding hydrogens is 264 g/mol. The van der Waals surface area contributed by atoms with Crippen LogP contribution in [-0.2, 0) is 4.79 Å². The Kier molecular flexibility index (Phi) is 12.2. The van der Waals surface area contributed by atoms with Gasteiger partial charge >= 0.3 is 5.97 Å². The Labute approximate surface area is 128 Å². The van der Waals surface area contributed by atoms with Crippen molar-refractivity contribution >= 4 is 5.97 Å². The molecular formula is C18H26O3. The number of allylic oxidation sites excluding steroid dienone is 1. The van der Waals surface area contributed by atoms with Crippen molar-refractivity contribution in [2.45, 2.75) is 64.4 Å². The van der Waals surface area contributed by atoms with Crippen LogP contribution in [-0.4, -0.2) is 22.3 Å². The quantitative estimate of drug-likeness (QED) is 0.368. The second kappa shape index (κ2) is 13.3. The molecule has 0 aliphatic rings. The number of hydrogen-bond donors (Lipinski definition) is 2. The van der Waals surface area contributed by atoms with Gasteiger partial charge in [0.25, 0.3) is 0 Å². The van der Waals surface area contributed by atoms with Gasteiger partial charge in [0.1, 0.15) is 6.10 Å². The maximum Gasteiger partial charge on any atom is 0.304 e. The lowest BCUT2D eigenvalue weighted by molar-refractivity contribution is -0.137. The molecule has 0 saturated carbocycles. The molecule has 0 radical (unpaired) electrons. The summed E-state index contributed by atoms with van der Waals surface area (Å²) in [4.78, 5) is 10.5. The Balaban J connectivity index is 3.93. The third kappa shape index (κ3) is 13.0. The molecule has 2 atom stereocenters. The van der Waals surface area contributed by atoms with Crippen molar-refractivity contribution in [2.24, 2.45) is 5.92 Å². The normalized spacial score (nSPS) is 12.3. The summed E-state index contributed by atoms with van der Waals surface area (Å²) in [6.07, 6.45) is 8.53. The number of carboxylic acids is 1. The van der Waals surface area contributed by atoms with Crippen molar-refractivity contribution in [3.63, 3.8) is 0 Å². The summed E-state index contributed by atoms with van der Waals surface area (Å²) in [6.45, 7) is 5.72. The first-order valence-corrected chi connectivity index (χ1v) is 7.63. The second-order valence-corrected chi connectivity index (χ2v) is 5.05. The molecule has 0 heterocycles. The molecule has 21 heavy (non-hydrogen) atoms. The van der Waals surface area contributed by atoms with Crippen LogP contribution in [0.25, 0.3) is 0 Å². The van der Waals surface area contributed by atoms with E-state index in [0.717, 1.165) is 12.8 Å². The fraction of sp³-hybridized carbons (Fsp3) is 0.611. The molecule has 0 aromatic heterocycles. The highest BCUT2D eigenvalue weighted by atomic mass is 16.4. The molecule has 0 bridgehead atoms. The molecule has 3 heteroatoms. The molecule has 0 saturated heterocycles. The smallest absolute Gasteiger partial charge is 0.304 e. The van der Waals surface area contributed by atoms with Gasteiger partial charge in [-0.05, 0) is 24.7 Å². The van der Waals surface area contributed by atoms with Crippen molar-refractivity contribution in [2.75, 3.05) is 0 Å². The van der Waals surface area contributed by atoms with Crippen LogP contribution >= 0.6 is 0 Å². The lowest BCUT2D eigenvalue weighted by atomic mass is 10.1. The number of carboxylic acid groups (broad SMARTS) is 1. The van der Waals surface area contributed by atoms with E-state index in [-0.39, 0.29) is 6.42 Å². The third-order valence-electron chi connectivity index (χ3n) is 3.07. The zero-order valence-electron chi connectivity index (χ0n) is 12.9. The fourth-order valence-corrected chi connectivity index (χ4v) is 1.82. The van der Waals surface area contributed by atoms with Crippen LogP contribution in [0.4, 0.5) is 0 Å². The van der Waals surface area contributed by atoms with Crippen LogP contribution in [0.1, 0.15) is 58.3 Å². The monoisotopic (exact) mass is 290 g/mol. The van der Waals surface area contributed by atoms with E-state index in [1.807, 2.05) is 0 Å². The summed E-state index contributed by atoms with van der Waals surface area (Å²) >= 11 is 0. The largest absolute Gasteiger partial charge is 0.481 e. The van der Waals surface area contributed by atoms with Gasteiger partial charge in [0.15, 0.2) is 0 Å². The number of hydrogen-bond acceptors (Lipinski definition) is 2. The summed E-state index contributed by atoms with van der Waals surface area (Å²) in [6, 6.07) is 0. The highest BCUT2D eigenvalue weighted by Crippen LogP contribution is 2.08. The summed E-state index contributed by atoms with van der Waals surface area (Å²) in [7, 11) is 0. The van der Waals surface area contributed by atoms with Gasteiger partial charge in [0, 0.05) is 5.92 Å². The highest BCUT2D eigenvalue weighted by molar-refractivity contribution is 5.68. The number of carbonyl (C=O) groups is 1. The molecule has 0 rings (SSSR count). The average molecular weight is 290 g/mol. The first kappa shape index (κ1) is 19.3. The minimum atomic E-state index is -0.912.